The van der Waals surface area contributed by atoms with Gasteiger partial charge in [0.05, 0.1) is 5.92 Å². The number of nitrogens with zero attached hydrogens (tertiary/aromatic N) is 2. The SMILES string of the molecule is CC(C(=O)NCC1CN(C)CCN1C)C(N)c1ccccc1. The number of carbonyl (C=O) groups excluding carboxylic acids is 1. The van der Waals surface area contributed by atoms with Crippen LogP contribution in [0.2, 0.25) is 0 Å². The molecule has 122 valence electrons. The van der Waals surface area contributed by atoms with Crippen LogP contribution in [0.5, 0.6) is 0 Å². The minimum Gasteiger partial charge on any atom is -0.354 e. The van der Waals surface area contributed by atoms with E-state index in [1.165, 1.54) is 0 Å². The van der Waals surface area contributed by atoms with E-state index in [4.69, 9.17) is 5.73 Å². The van der Waals surface area contributed by atoms with E-state index in [0.29, 0.717) is 12.6 Å². The lowest BCUT2D eigenvalue weighted by Crippen LogP contribution is -2.55. The van der Waals surface area contributed by atoms with E-state index in [-0.39, 0.29) is 17.9 Å². The van der Waals surface area contributed by atoms with Crippen LogP contribution in [0.4, 0.5) is 0 Å². The number of carbonyl (C=O) groups is 1. The Morgan fingerprint density at radius 2 is 2.00 bits per heavy atom. The van der Waals surface area contributed by atoms with Gasteiger partial charge in [-0.2, -0.15) is 0 Å². The summed E-state index contributed by atoms with van der Waals surface area (Å²) in [5.41, 5.74) is 7.22. The van der Waals surface area contributed by atoms with Crippen LogP contribution in [0.25, 0.3) is 0 Å². The molecule has 3 N–H and O–H groups in total. The molecule has 1 heterocycles. The minimum absolute atomic E-state index is 0.0259. The molecular weight excluding hydrogens is 276 g/mol. The molecule has 2 rings (SSSR count). The number of benzene rings is 1. The van der Waals surface area contributed by atoms with Crippen molar-refractivity contribution in [1.29, 1.82) is 0 Å². The Balaban J connectivity index is 1.86. The van der Waals surface area contributed by atoms with Crippen molar-refractivity contribution in [1.82, 2.24) is 15.1 Å². The number of nitrogens with two attached hydrogens (primary N) is 1. The normalized spacial score (nSPS) is 23.0. The smallest absolute Gasteiger partial charge is 0.224 e. The molecule has 1 aromatic carbocycles. The number of piperazine rings is 1. The van der Waals surface area contributed by atoms with Crippen LogP contribution in [-0.4, -0.2) is 62.0 Å². The van der Waals surface area contributed by atoms with Gasteiger partial charge >= 0.3 is 0 Å². The maximum Gasteiger partial charge on any atom is 0.224 e. The van der Waals surface area contributed by atoms with Crippen molar-refractivity contribution in [2.75, 3.05) is 40.3 Å². The van der Waals surface area contributed by atoms with Crippen molar-refractivity contribution in [2.24, 2.45) is 11.7 Å². The number of hydrogen-bond acceptors (Lipinski definition) is 4. The van der Waals surface area contributed by atoms with Gasteiger partial charge in [-0.25, -0.2) is 0 Å². The van der Waals surface area contributed by atoms with Crippen molar-refractivity contribution < 1.29 is 4.79 Å². The zero-order chi connectivity index (χ0) is 16.1. The molecule has 1 saturated heterocycles. The van der Waals surface area contributed by atoms with Gasteiger partial charge < -0.3 is 16.0 Å². The highest BCUT2D eigenvalue weighted by Gasteiger charge is 2.25. The number of rotatable bonds is 5. The second kappa shape index (κ2) is 7.72. The van der Waals surface area contributed by atoms with Crippen molar-refractivity contribution in [3.63, 3.8) is 0 Å². The van der Waals surface area contributed by atoms with Crippen molar-refractivity contribution in [3.8, 4) is 0 Å². The van der Waals surface area contributed by atoms with Crippen LogP contribution < -0.4 is 11.1 Å². The van der Waals surface area contributed by atoms with E-state index in [1.54, 1.807) is 0 Å². The average Bonchev–Trinajstić information content (AvgIpc) is 2.54. The lowest BCUT2D eigenvalue weighted by atomic mass is 9.94. The fourth-order valence-electron chi connectivity index (χ4n) is 2.83. The van der Waals surface area contributed by atoms with Gasteiger partial charge in [-0.05, 0) is 19.7 Å². The summed E-state index contributed by atoms with van der Waals surface area (Å²) in [7, 11) is 4.23. The van der Waals surface area contributed by atoms with Crippen LogP contribution in [0.3, 0.4) is 0 Å². The monoisotopic (exact) mass is 304 g/mol. The summed E-state index contributed by atoms with van der Waals surface area (Å²) in [6.45, 7) is 5.66. The third-order valence-electron chi connectivity index (χ3n) is 4.63. The summed E-state index contributed by atoms with van der Waals surface area (Å²) in [6, 6.07) is 9.89. The third kappa shape index (κ3) is 4.29. The highest BCUT2D eigenvalue weighted by atomic mass is 16.1. The number of amides is 1. The molecule has 1 fully saturated rings. The first-order chi connectivity index (χ1) is 10.5. The van der Waals surface area contributed by atoms with Gasteiger partial charge in [0.2, 0.25) is 5.91 Å². The standard InChI is InChI=1S/C17H28N4O/c1-13(16(18)14-7-5-4-6-8-14)17(22)19-11-15-12-20(2)9-10-21(15)3/h4-8,13,15-16H,9-12,18H2,1-3H3,(H,19,22). The number of likely N-dealkylation sites (N-methyl/N-ethyl adjacent to an activating group) is 2. The summed E-state index contributed by atoms with van der Waals surface area (Å²) in [5, 5.41) is 3.07. The quantitative estimate of drug-likeness (QED) is 0.840. The first kappa shape index (κ1) is 16.9. The van der Waals surface area contributed by atoms with Crippen molar-refractivity contribution >= 4 is 5.91 Å². The fraction of sp³-hybridized carbons (Fsp3) is 0.588. The Bertz CT molecular complexity index is 479. The fourth-order valence-corrected chi connectivity index (χ4v) is 2.83. The predicted octanol–water partition coefficient (Wildman–Crippen LogP) is 0.685. The summed E-state index contributed by atoms with van der Waals surface area (Å²) < 4.78 is 0. The van der Waals surface area contributed by atoms with Crippen LogP contribution in [0.1, 0.15) is 18.5 Å². The lowest BCUT2D eigenvalue weighted by Gasteiger charge is -2.38. The minimum atomic E-state index is -0.270. The molecule has 3 unspecified atom stereocenters. The maximum atomic E-state index is 12.4. The van der Waals surface area contributed by atoms with Gasteiger partial charge in [-0.1, -0.05) is 37.3 Å². The van der Waals surface area contributed by atoms with Crippen LogP contribution in [-0.2, 0) is 4.79 Å². The molecule has 1 aromatic rings. The van der Waals surface area contributed by atoms with Crippen LogP contribution in [0.15, 0.2) is 30.3 Å². The molecule has 0 spiro atoms. The molecular formula is C17H28N4O. The molecule has 0 bridgehead atoms. The molecule has 5 nitrogen and oxygen atoms in total. The topological polar surface area (TPSA) is 61.6 Å². The summed E-state index contributed by atoms with van der Waals surface area (Å²) in [5.74, 6) is -0.216. The Kier molecular flexibility index (Phi) is 5.94. The summed E-state index contributed by atoms with van der Waals surface area (Å²) >= 11 is 0. The van der Waals surface area contributed by atoms with E-state index >= 15 is 0 Å². The van der Waals surface area contributed by atoms with E-state index in [1.807, 2.05) is 37.3 Å². The Hall–Kier alpha value is -1.43. The second-order valence-electron chi connectivity index (χ2n) is 6.37. The molecule has 0 aliphatic carbocycles. The van der Waals surface area contributed by atoms with Gasteiger partial charge in [0.25, 0.3) is 0 Å². The number of hydrogen-bond donors (Lipinski definition) is 2. The summed E-state index contributed by atoms with van der Waals surface area (Å²) in [4.78, 5) is 17.0. The van der Waals surface area contributed by atoms with E-state index in [9.17, 15) is 4.79 Å². The third-order valence-corrected chi connectivity index (χ3v) is 4.63. The summed E-state index contributed by atoms with van der Waals surface area (Å²) in [6.07, 6.45) is 0. The Morgan fingerprint density at radius 1 is 1.32 bits per heavy atom. The first-order valence-corrected chi connectivity index (χ1v) is 7.96. The molecule has 22 heavy (non-hydrogen) atoms. The molecule has 5 heteroatoms. The van der Waals surface area contributed by atoms with Crippen molar-refractivity contribution in [2.45, 2.75) is 19.0 Å². The van der Waals surface area contributed by atoms with Gasteiger partial charge in [-0.15, -0.1) is 0 Å². The molecule has 3 atom stereocenters. The molecule has 0 saturated carbocycles. The van der Waals surface area contributed by atoms with E-state index in [0.717, 1.165) is 25.2 Å². The van der Waals surface area contributed by atoms with E-state index < -0.39 is 0 Å². The Labute approximate surface area is 133 Å². The predicted molar refractivity (Wildman–Crippen MR) is 89.5 cm³/mol. The van der Waals surface area contributed by atoms with Gasteiger partial charge in [-0.3, -0.25) is 9.69 Å². The highest BCUT2D eigenvalue weighted by Crippen LogP contribution is 2.19. The Morgan fingerprint density at radius 3 is 2.68 bits per heavy atom. The first-order valence-electron chi connectivity index (χ1n) is 7.96. The largest absolute Gasteiger partial charge is 0.354 e. The molecule has 1 aliphatic heterocycles. The van der Waals surface area contributed by atoms with Gasteiger partial charge in [0, 0.05) is 38.3 Å². The van der Waals surface area contributed by atoms with Gasteiger partial charge in [0.1, 0.15) is 0 Å². The molecule has 0 aromatic heterocycles. The average molecular weight is 304 g/mol. The molecule has 0 radical (unpaired) electrons. The molecule has 1 amide bonds. The molecule has 1 aliphatic rings. The zero-order valence-corrected chi connectivity index (χ0v) is 13.8. The van der Waals surface area contributed by atoms with Crippen LogP contribution in [0, 0.1) is 5.92 Å². The van der Waals surface area contributed by atoms with Gasteiger partial charge in [0.15, 0.2) is 0 Å². The van der Waals surface area contributed by atoms with E-state index in [2.05, 4.69) is 29.2 Å². The maximum absolute atomic E-state index is 12.4. The zero-order valence-electron chi connectivity index (χ0n) is 13.8. The highest BCUT2D eigenvalue weighted by molar-refractivity contribution is 5.79. The lowest BCUT2D eigenvalue weighted by molar-refractivity contribution is -0.125. The van der Waals surface area contributed by atoms with Crippen LogP contribution >= 0.6 is 0 Å². The second-order valence-corrected chi connectivity index (χ2v) is 6.37. The number of nitrogens with one attached hydrogen (secondary N) is 1. The van der Waals surface area contributed by atoms with Crippen molar-refractivity contribution in [3.05, 3.63) is 35.9 Å².